The van der Waals surface area contributed by atoms with Gasteiger partial charge in [0, 0.05) is 13.5 Å². The number of methoxy groups -OCH3 is 1. The molecule has 1 atom stereocenters. The molecule has 0 spiro atoms. The van der Waals surface area contributed by atoms with E-state index in [4.69, 9.17) is 9.15 Å². The molecule has 2 aromatic rings. The summed E-state index contributed by atoms with van der Waals surface area (Å²) in [5.74, 6) is 1.90. The predicted octanol–water partition coefficient (Wildman–Crippen LogP) is 3.15. The lowest BCUT2D eigenvalue weighted by atomic mass is 10.1. The fourth-order valence-corrected chi connectivity index (χ4v) is 2.82. The Morgan fingerprint density at radius 2 is 2.24 bits per heavy atom. The number of aromatic nitrogens is 2. The molecule has 0 aliphatic rings. The molecule has 0 aliphatic heterocycles. The number of ether oxygens (including phenoxy) is 1. The van der Waals surface area contributed by atoms with Crippen LogP contribution in [0.5, 0.6) is 0 Å². The van der Waals surface area contributed by atoms with Crippen LogP contribution in [0.15, 0.2) is 27.2 Å². The average Bonchev–Trinajstić information content (AvgIpc) is 3.10. The van der Waals surface area contributed by atoms with Crippen LogP contribution < -0.4 is 5.32 Å². The van der Waals surface area contributed by atoms with Crippen LogP contribution in [-0.2, 0) is 17.7 Å². The molecular formula is C15H22BrN3O2. The van der Waals surface area contributed by atoms with E-state index >= 15 is 0 Å². The van der Waals surface area contributed by atoms with Crippen molar-refractivity contribution >= 4 is 15.9 Å². The van der Waals surface area contributed by atoms with E-state index in [9.17, 15) is 0 Å². The van der Waals surface area contributed by atoms with Crippen LogP contribution in [0.1, 0.15) is 37.1 Å². The summed E-state index contributed by atoms with van der Waals surface area (Å²) < 4.78 is 14.0. The molecule has 1 N–H and O–H groups in total. The van der Waals surface area contributed by atoms with Gasteiger partial charge in [-0.25, -0.2) is 0 Å². The van der Waals surface area contributed by atoms with Crippen molar-refractivity contribution in [1.82, 2.24) is 15.1 Å². The van der Waals surface area contributed by atoms with Crippen molar-refractivity contribution in [3.05, 3.63) is 40.0 Å². The summed E-state index contributed by atoms with van der Waals surface area (Å²) >= 11 is 3.60. The molecule has 0 fully saturated rings. The third-order valence-electron chi connectivity index (χ3n) is 3.34. The Kier molecular flexibility index (Phi) is 6.02. The highest BCUT2D eigenvalue weighted by atomic mass is 79.9. The van der Waals surface area contributed by atoms with Gasteiger partial charge in [-0.15, -0.1) is 0 Å². The van der Waals surface area contributed by atoms with Gasteiger partial charge in [0.15, 0.2) is 0 Å². The molecule has 6 heteroatoms. The first-order valence-corrected chi connectivity index (χ1v) is 8.02. The minimum atomic E-state index is -0.0240. The van der Waals surface area contributed by atoms with Crippen molar-refractivity contribution < 1.29 is 9.15 Å². The Morgan fingerprint density at radius 3 is 2.86 bits per heavy atom. The predicted molar refractivity (Wildman–Crippen MR) is 85.4 cm³/mol. The molecule has 2 heterocycles. The molecule has 0 aliphatic carbocycles. The minimum absolute atomic E-state index is 0.0240. The Bertz CT molecular complexity index is 565. The SMILES string of the molecule is CCNC(c1ccc(CC)o1)c1c(Br)cnn1CCOC. The van der Waals surface area contributed by atoms with Gasteiger partial charge in [-0.05, 0) is 34.6 Å². The molecule has 2 rings (SSSR count). The average molecular weight is 356 g/mol. The third kappa shape index (κ3) is 3.75. The van der Waals surface area contributed by atoms with Gasteiger partial charge < -0.3 is 14.5 Å². The second kappa shape index (κ2) is 7.77. The van der Waals surface area contributed by atoms with Gasteiger partial charge >= 0.3 is 0 Å². The van der Waals surface area contributed by atoms with Gasteiger partial charge in [0.1, 0.15) is 17.6 Å². The number of hydrogen-bond donors (Lipinski definition) is 1. The van der Waals surface area contributed by atoms with Gasteiger partial charge in [0.2, 0.25) is 0 Å². The number of nitrogens with zero attached hydrogens (tertiary/aromatic N) is 2. The summed E-state index contributed by atoms with van der Waals surface area (Å²) in [6.45, 7) is 6.35. The smallest absolute Gasteiger partial charge is 0.127 e. The highest BCUT2D eigenvalue weighted by molar-refractivity contribution is 9.10. The molecule has 0 bridgehead atoms. The first-order chi connectivity index (χ1) is 10.2. The van der Waals surface area contributed by atoms with E-state index in [2.05, 4.69) is 40.2 Å². The van der Waals surface area contributed by atoms with Crippen LogP contribution in [0, 0.1) is 0 Å². The van der Waals surface area contributed by atoms with Crippen molar-refractivity contribution in [2.24, 2.45) is 0 Å². The highest BCUT2D eigenvalue weighted by Crippen LogP contribution is 2.30. The van der Waals surface area contributed by atoms with Crippen molar-refractivity contribution in [3.8, 4) is 0 Å². The summed E-state index contributed by atoms with van der Waals surface area (Å²) in [5.41, 5.74) is 1.06. The molecule has 0 radical (unpaired) electrons. The maximum Gasteiger partial charge on any atom is 0.127 e. The van der Waals surface area contributed by atoms with E-state index < -0.39 is 0 Å². The van der Waals surface area contributed by atoms with Crippen molar-refractivity contribution in [2.75, 3.05) is 20.3 Å². The van der Waals surface area contributed by atoms with Gasteiger partial charge in [0.25, 0.3) is 0 Å². The fraction of sp³-hybridized carbons (Fsp3) is 0.533. The Balaban J connectivity index is 2.35. The highest BCUT2D eigenvalue weighted by Gasteiger charge is 2.24. The van der Waals surface area contributed by atoms with Gasteiger partial charge in [-0.2, -0.15) is 5.10 Å². The van der Waals surface area contributed by atoms with E-state index in [1.165, 1.54) is 0 Å². The number of aryl methyl sites for hydroxylation is 1. The molecule has 116 valence electrons. The third-order valence-corrected chi connectivity index (χ3v) is 3.95. The van der Waals surface area contributed by atoms with E-state index in [1.54, 1.807) is 7.11 Å². The summed E-state index contributed by atoms with van der Waals surface area (Å²) in [5, 5.41) is 7.89. The van der Waals surface area contributed by atoms with Gasteiger partial charge in [0.05, 0.1) is 29.5 Å². The summed E-state index contributed by atoms with van der Waals surface area (Å²) in [7, 11) is 1.69. The summed E-state index contributed by atoms with van der Waals surface area (Å²) in [6, 6.07) is 4.04. The van der Waals surface area contributed by atoms with Crippen LogP contribution in [-0.4, -0.2) is 30.0 Å². The van der Waals surface area contributed by atoms with Gasteiger partial charge in [-0.1, -0.05) is 13.8 Å². The summed E-state index contributed by atoms with van der Waals surface area (Å²) in [6.07, 6.45) is 2.71. The lowest BCUT2D eigenvalue weighted by Gasteiger charge is -2.18. The Morgan fingerprint density at radius 1 is 1.43 bits per heavy atom. The zero-order valence-corrected chi connectivity index (χ0v) is 14.3. The molecule has 0 saturated carbocycles. The van der Waals surface area contributed by atoms with E-state index in [0.717, 1.165) is 34.7 Å². The number of furan rings is 1. The molecule has 2 aromatic heterocycles. The van der Waals surface area contributed by atoms with E-state index in [1.807, 2.05) is 23.0 Å². The largest absolute Gasteiger partial charge is 0.464 e. The topological polar surface area (TPSA) is 52.2 Å². The van der Waals surface area contributed by atoms with Crippen LogP contribution >= 0.6 is 15.9 Å². The fourth-order valence-electron chi connectivity index (χ4n) is 2.29. The normalized spacial score (nSPS) is 12.8. The van der Waals surface area contributed by atoms with E-state index in [0.29, 0.717) is 13.2 Å². The lowest BCUT2D eigenvalue weighted by Crippen LogP contribution is -2.25. The molecule has 0 amide bonds. The van der Waals surface area contributed by atoms with Crippen LogP contribution in [0.25, 0.3) is 0 Å². The lowest BCUT2D eigenvalue weighted by molar-refractivity contribution is 0.181. The number of nitrogens with one attached hydrogen (secondary N) is 1. The minimum Gasteiger partial charge on any atom is -0.464 e. The van der Waals surface area contributed by atoms with Crippen LogP contribution in [0.4, 0.5) is 0 Å². The molecule has 0 saturated heterocycles. The Labute approximate surface area is 133 Å². The second-order valence-corrected chi connectivity index (χ2v) is 5.60. The summed E-state index contributed by atoms with van der Waals surface area (Å²) in [4.78, 5) is 0. The first kappa shape index (κ1) is 16.3. The molecule has 1 unspecified atom stereocenters. The molecular weight excluding hydrogens is 334 g/mol. The van der Waals surface area contributed by atoms with Crippen LogP contribution in [0.3, 0.4) is 0 Å². The standard InChI is InChI=1S/C15H22BrN3O2/c1-4-11-6-7-13(21-11)14(17-5-2)15-12(16)10-18-19(15)8-9-20-3/h6-7,10,14,17H,4-5,8-9H2,1-3H3. The molecule has 0 aromatic carbocycles. The monoisotopic (exact) mass is 355 g/mol. The van der Waals surface area contributed by atoms with Crippen molar-refractivity contribution in [3.63, 3.8) is 0 Å². The first-order valence-electron chi connectivity index (χ1n) is 7.23. The Hall–Kier alpha value is -1.11. The van der Waals surface area contributed by atoms with Gasteiger partial charge in [-0.3, -0.25) is 4.68 Å². The quantitative estimate of drug-likeness (QED) is 0.790. The maximum absolute atomic E-state index is 5.93. The van der Waals surface area contributed by atoms with E-state index in [-0.39, 0.29) is 6.04 Å². The maximum atomic E-state index is 5.93. The zero-order chi connectivity index (χ0) is 15.2. The second-order valence-electron chi connectivity index (χ2n) is 4.74. The molecule has 21 heavy (non-hydrogen) atoms. The van der Waals surface area contributed by atoms with Crippen LogP contribution in [0.2, 0.25) is 0 Å². The zero-order valence-electron chi connectivity index (χ0n) is 12.7. The van der Waals surface area contributed by atoms with Crippen molar-refractivity contribution in [1.29, 1.82) is 0 Å². The molecule has 5 nitrogen and oxygen atoms in total. The number of rotatable bonds is 8. The number of halogens is 1. The number of hydrogen-bond acceptors (Lipinski definition) is 4. The van der Waals surface area contributed by atoms with Crippen molar-refractivity contribution in [2.45, 2.75) is 32.9 Å².